The maximum atomic E-state index is 6.24. The van der Waals surface area contributed by atoms with Crippen LogP contribution in [0.4, 0.5) is 5.69 Å². The molecule has 0 spiro atoms. The Kier molecular flexibility index (Phi) is 3.01. The Labute approximate surface area is 108 Å². The van der Waals surface area contributed by atoms with Crippen LogP contribution < -0.4 is 10.6 Å². The molecule has 2 fully saturated rings. The van der Waals surface area contributed by atoms with Crippen LogP contribution in [0.15, 0.2) is 18.2 Å². The van der Waals surface area contributed by atoms with Crippen molar-refractivity contribution in [3.05, 3.63) is 28.8 Å². The second-order valence-electron chi connectivity index (χ2n) is 5.31. The van der Waals surface area contributed by atoms with Gasteiger partial charge in [0.1, 0.15) is 0 Å². The molecule has 0 unspecified atom stereocenters. The molecule has 0 atom stereocenters. The number of benzene rings is 1. The molecule has 3 heteroatoms. The molecule has 2 aliphatic rings. The molecule has 2 nitrogen and oxygen atoms in total. The summed E-state index contributed by atoms with van der Waals surface area (Å²) >= 11 is 6.24. The number of halogens is 1. The highest BCUT2D eigenvalue weighted by molar-refractivity contribution is 6.31. The van der Waals surface area contributed by atoms with Gasteiger partial charge in [0.05, 0.1) is 0 Å². The first-order valence-electron chi connectivity index (χ1n) is 6.53. The topological polar surface area (TPSA) is 29.3 Å². The Hall–Kier alpha value is -0.730. The lowest BCUT2D eigenvalue weighted by Gasteiger charge is -2.25. The monoisotopic (exact) mass is 250 g/mol. The van der Waals surface area contributed by atoms with Gasteiger partial charge < -0.3 is 10.6 Å². The Balaban J connectivity index is 1.81. The van der Waals surface area contributed by atoms with Crippen molar-refractivity contribution < 1.29 is 0 Å². The van der Waals surface area contributed by atoms with Gasteiger partial charge in [-0.1, -0.05) is 17.7 Å². The number of nitrogens with two attached hydrogens (primary N) is 1. The molecule has 0 saturated heterocycles. The summed E-state index contributed by atoms with van der Waals surface area (Å²) in [6.45, 7) is 1.73. The molecule has 0 aromatic heterocycles. The Bertz CT molecular complexity index is 411. The molecular formula is C14H19ClN2. The minimum Gasteiger partial charge on any atom is -0.368 e. The summed E-state index contributed by atoms with van der Waals surface area (Å²) in [5.74, 6) is 0.920. The highest BCUT2D eigenvalue weighted by Gasteiger charge is 2.33. The maximum Gasteiger partial charge on any atom is 0.0471 e. The normalized spacial score (nSPS) is 19.4. The molecule has 0 radical (unpaired) electrons. The van der Waals surface area contributed by atoms with E-state index in [1.54, 1.807) is 0 Å². The van der Waals surface area contributed by atoms with Gasteiger partial charge >= 0.3 is 0 Å². The summed E-state index contributed by atoms with van der Waals surface area (Å²) in [4.78, 5) is 2.55. The molecular weight excluding hydrogens is 232 g/mol. The number of rotatable bonds is 5. The first-order chi connectivity index (χ1) is 8.28. The second kappa shape index (κ2) is 4.51. The first kappa shape index (κ1) is 11.4. The van der Waals surface area contributed by atoms with Crippen molar-refractivity contribution in [3.8, 4) is 0 Å². The van der Waals surface area contributed by atoms with E-state index < -0.39 is 0 Å². The van der Waals surface area contributed by atoms with Crippen LogP contribution in [0.2, 0.25) is 5.02 Å². The quantitative estimate of drug-likeness (QED) is 0.870. The van der Waals surface area contributed by atoms with E-state index in [0.29, 0.717) is 6.54 Å². The lowest BCUT2D eigenvalue weighted by atomic mass is 10.2. The molecule has 0 amide bonds. The molecule has 0 aliphatic heterocycles. The third-order valence-electron chi connectivity index (χ3n) is 3.73. The SMILES string of the molecule is NCc1ccc(N(CC2CC2)C2CC2)cc1Cl. The molecule has 0 bridgehead atoms. The van der Waals surface area contributed by atoms with E-state index in [9.17, 15) is 0 Å². The van der Waals surface area contributed by atoms with Crippen molar-refractivity contribution in [3.63, 3.8) is 0 Å². The van der Waals surface area contributed by atoms with E-state index in [2.05, 4.69) is 23.1 Å². The maximum absolute atomic E-state index is 6.24. The van der Waals surface area contributed by atoms with Gasteiger partial charge in [-0.05, 0) is 49.3 Å². The van der Waals surface area contributed by atoms with Crippen molar-refractivity contribution in [2.75, 3.05) is 11.4 Å². The fourth-order valence-electron chi connectivity index (χ4n) is 2.31. The average molecular weight is 251 g/mol. The van der Waals surface area contributed by atoms with E-state index in [1.165, 1.54) is 37.9 Å². The zero-order valence-electron chi connectivity index (χ0n) is 10.0. The fourth-order valence-corrected chi connectivity index (χ4v) is 2.56. The Morgan fingerprint density at radius 1 is 1.24 bits per heavy atom. The van der Waals surface area contributed by atoms with Gasteiger partial charge in [-0.25, -0.2) is 0 Å². The van der Waals surface area contributed by atoms with Gasteiger partial charge in [-0.2, -0.15) is 0 Å². The standard InChI is InChI=1S/C14H19ClN2/c15-14-7-13(4-3-11(14)8-16)17(12-5-6-12)9-10-1-2-10/h3-4,7,10,12H,1-2,5-6,8-9,16H2. The van der Waals surface area contributed by atoms with Crippen LogP contribution in [0.5, 0.6) is 0 Å². The summed E-state index contributed by atoms with van der Waals surface area (Å²) in [7, 11) is 0. The molecule has 17 heavy (non-hydrogen) atoms. The fraction of sp³-hybridized carbons (Fsp3) is 0.571. The van der Waals surface area contributed by atoms with Crippen LogP contribution in [0.25, 0.3) is 0 Å². The van der Waals surface area contributed by atoms with E-state index >= 15 is 0 Å². The number of anilines is 1. The third kappa shape index (κ3) is 2.58. The van der Waals surface area contributed by atoms with Gasteiger partial charge in [-0.15, -0.1) is 0 Å². The summed E-state index contributed by atoms with van der Waals surface area (Å²) in [5.41, 5.74) is 7.96. The average Bonchev–Trinajstić information content (AvgIpc) is 3.17. The predicted octanol–water partition coefficient (Wildman–Crippen LogP) is 3.18. The van der Waals surface area contributed by atoms with Crippen molar-refractivity contribution in [2.24, 2.45) is 11.7 Å². The van der Waals surface area contributed by atoms with Crippen LogP contribution in [0.1, 0.15) is 31.2 Å². The summed E-state index contributed by atoms with van der Waals surface area (Å²) in [6, 6.07) is 7.09. The minimum absolute atomic E-state index is 0.519. The van der Waals surface area contributed by atoms with E-state index in [4.69, 9.17) is 17.3 Å². The van der Waals surface area contributed by atoms with Gasteiger partial charge in [0.2, 0.25) is 0 Å². The third-order valence-corrected chi connectivity index (χ3v) is 4.08. The Morgan fingerprint density at radius 2 is 2.00 bits per heavy atom. The molecule has 2 aliphatic carbocycles. The molecule has 1 aromatic rings. The van der Waals surface area contributed by atoms with Crippen molar-refractivity contribution in [2.45, 2.75) is 38.3 Å². The van der Waals surface area contributed by atoms with Gasteiger partial charge in [0.25, 0.3) is 0 Å². The lowest BCUT2D eigenvalue weighted by molar-refractivity contribution is 0.719. The molecule has 3 rings (SSSR count). The van der Waals surface area contributed by atoms with Gasteiger partial charge in [0, 0.05) is 29.8 Å². The second-order valence-corrected chi connectivity index (χ2v) is 5.71. The largest absolute Gasteiger partial charge is 0.368 e. The van der Waals surface area contributed by atoms with Crippen molar-refractivity contribution in [1.82, 2.24) is 0 Å². The van der Waals surface area contributed by atoms with E-state index in [1.807, 2.05) is 0 Å². The molecule has 2 saturated carbocycles. The zero-order chi connectivity index (χ0) is 11.8. The van der Waals surface area contributed by atoms with Crippen LogP contribution in [0, 0.1) is 5.92 Å². The highest BCUT2D eigenvalue weighted by atomic mass is 35.5. The van der Waals surface area contributed by atoms with Crippen LogP contribution >= 0.6 is 11.6 Å². The van der Waals surface area contributed by atoms with Crippen LogP contribution in [-0.4, -0.2) is 12.6 Å². The van der Waals surface area contributed by atoms with Gasteiger partial charge in [-0.3, -0.25) is 0 Å². The van der Waals surface area contributed by atoms with E-state index in [0.717, 1.165) is 22.5 Å². The number of hydrogen-bond acceptors (Lipinski definition) is 2. The minimum atomic E-state index is 0.519. The number of hydrogen-bond donors (Lipinski definition) is 1. The molecule has 1 aromatic carbocycles. The molecule has 0 heterocycles. The zero-order valence-corrected chi connectivity index (χ0v) is 10.8. The van der Waals surface area contributed by atoms with Crippen LogP contribution in [0.3, 0.4) is 0 Å². The van der Waals surface area contributed by atoms with Crippen LogP contribution in [-0.2, 0) is 6.54 Å². The summed E-state index contributed by atoms with van der Waals surface area (Å²) < 4.78 is 0. The first-order valence-corrected chi connectivity index (χ1v) is 6.91. The predicted molar refractivity (Wildman–Crippen MR) is 72.4 cm³/mol. The molecule has 2 N–H and O–H groups in total. The smallest absolute Gasteiger partial charge is 0.0471 e. The lowest BCUT2D eigenvalue weighted by Crippen LogP contribution is -2.28. The molecule has 92 valence electrons. The summed E-state index contributed by atoms with van der Waals surface area (Å²) in [5, 5.41) is 0.812. The summed E-state index contributed by atoms with van der Waals surface area (Å²) in [6.07, 6.45) is 5.47. The van der Waals surface area contributed by atoms with E-state index in [-0.39, 0.29) is 0 Å². The highest BCUT2D eigenvalue weighted by Crippen LogP contribution is 2.38. The van der Waals surface area contributed by atoms with Crippen molar-refractivity contribution >= 4 is 17.3 Å². The Morgan fingerprint density at radius 3 is 2.53 bits per heavy atom. The van der Waals surface area contributed by atoms with Crippen molar-refractivity contribution in [1.29, 1.82) is 0 Å². The van der Waals surface area contributed by atoms with Gasteiger partial charge in [0.15, 0.2) is 0 Å². The number of nitrogens with zero attached hydrogens (tertiary/aromatic N) is 1.